The lowest BCUT2D eigenvalue weighted by Gasteiger charge is -2.40. The quantitative estimate of drug-likeness (QED) is 0.849. The molecule has 0 aromatic carbocycles. The van der Waals surface area contributed by atoms with E-state index in [1.54, 1.807) is 4.90 Å². The SMILES string of the molecule is Cl.O=C(CCC(F)(F)F)N1CCCC2(CCNC2)C1. The van der Waals surface area contributed by atoms with Crippen molar-refractivity contribution >= 4 is 18.3 Å². The third-order valence-corrected chi connectivity index (χ3v) is 3.97. The lowest BCUT2D eigenvalue weighted by molar-refractivity contribution is -0.150. The third-order valence-electron chi connectivity index (χ3n) is 3.97. The van der Waals surface area contributed by atoms with Gasteiger partial charge in [-0.05, 0) is 25.8 Å². The number of likely N-dealkylation sites (tertiary alicyclic amines) is 1. The van der Waals surface area contributed by atoms with E-state index in [9.17, 15) is 18.0 Å². The summed E-state index contributed by atoms with van der Waals surface area (Å²) < 4.78 is 36.3. The van der Waals surface area contributed by atoms with Crippen LogP contribution in [0.15, 0.2) is 0 Å². The molecule has 1 atom stereocenters. The van der Waals surface area contributed by atoms with Gasteiger partial charge in [0.2, 0.25) is 5.91 Å². The smallest absolute Gasteiger partial charge is 0.342 e. The number of hydrogen-bond donors (Lipinski definition) is 1. The lowest BCUT2D eigenvalue weighted by Crippen LogP contribution is -2.47. The Morgan fingerprint density at radius 2 is 2.05 bits per heavy atom. The second kappa shape index (κ2) is 6.31. The number of amides is 1. The van der Waals surface area contributed by atoms with Gasteiger partial charge < -0.3 is 10.2 Å². The molecule has 1 unspecified atom stereocenters. The van der Waals surface area contributed by atoms with Crippen LogP contribution in [0.5, 0.6) is 0 Å². The zero-order chi connectivity index (χ0) is 13.2. The first-order valence-corrected chi connectivity index (χ1v) is 6.46. The molecule has 2 rings (SSSR count). The van der Waals surface area contributed by atoms with Crippen LogP contribution < -0.4 is 5.32 Å². The molecular formula is C12H20ClF3N2O. The van der Waals surface area contributed by atoms with Crippen molar-refractivity contribution in [2.24, 2.45) is 5.41 Å². The van der Waals surface area contributed by atoms with Crippen molar-refractivity contribution in [2.45, 2.75) is 38.3 Å². The van der Waals surface area contributed by atoms with Crippen molar-refractivity contribution in [3.63, 3.8) is 0 Å². The minimum absolute atomic E-state index is 0. The van der Waals surface area contributed by atoms with E-state index >= 15 is 0 Å². The number of hydrogen-bond acceptors (Lipinski definition) is 2. The van der Waals surface area contributed by atoms with Crippen molar-refractivity contribution in [1.82, 2.24) is 10.2 Å². The van der Waals surface area contributed by atoms with Crippen LogP contribution in [0.25, 0.3) is 0 Å². The van der Waals surface area contributed by atoms with Gasteiger partial charge in [-0.25, -0.2) is 0 Å². The average Bonchev–Trinajstić information content (AvgIpc) is 2.73. The number of halogens is 4. The number of nitrogens with one attached hydrogen (secondary N) is 1. The Hall–Kier alpha value is -0.490. The van der Waals surface area contributed by atoms with Crippen LogP contribution in [-0.4, -0.2) is 43.2 Å². The molecule has 2 heterocycles. The summed E-state index contributed by atoms with van der Waals surface area (Å²) in [4.78, 5) is 13.4. The molecule has 0 aromatic heterocycles. The fourth-order valence-electron chi connectivity index (χ4n) is 2.97. The van der Waals surface area contributed by atoms with E-state index in [4.69, 9.17) is 0 Å². The standard InChI is InChI=1S/C12H19F3N2O.ClH/c13-12(14,15)4-2-10(18)17-7-1-3-11(9-17)5-6-16-8-11;/h16H,1-9H2;1H. The van der Waals surface area contributed by atoms with Crippen LogP contribution in [-0.2, 0) is 4.79 Å². The van der Waals surface area contributed by atoms with Crippen molar-refractivity contribution in [3.05, 3.63) is 0 Å². The molecule has 2 aliphatic heterocycles. The summed E-state index contributed by atoms with van der Waals surface area (Å²) in [6, 6.07) is 0. The third kappa shape index (κ3) is 4.53. The molecule has 2 saturated heterocycles. The van der Waals surface area contributed by atoms with Crippen molar-refractivity contribution < 1.29 is 18.0 Å². The van der Waals surface area contributed by atoms with E-state index in [1.807, 2.05) is 0 Å². The summed E-state index contributed by atoms with van der Waals surface area (Å²) in [5.74, 6) is -0.349. The van der Waals surface area contributed by atoms with E-state index < -0.39 is 19.0 Å². The summed E-state index contributed by atoms with van der Waals surface area (Å²) >= 11 is 0. The summed E-state index contributed by atoms with van der Waals surface area (Å²) in [5.41, 5.74) is 0.117. The topological polar surface area (TPSA) is 32.3 Å². The second-order valence-electron chi connectivity index (χ2n) is 5.46. The predicted octanol–water partition coefficient (Wildman–Crippen LogP) is 2.35. The molecule has 1 amide bonds. The maximum Gasteiger partial charge on any atom is 0.389 e. The highest BCUT2D eigenvalue weighted by Crippen LogP contribution is 2.36. The summed E-state index contributed by atoms with van der Waals surface area (Å²) in [6.45, 7) is 3.07. The molecule has 0 aliphatic carbocycles. The molecule has 1 spiro atoms. The molecule has 19 heavy (non-hydrogen) atoms. The molecule has 7 heteroatoms. The Morgan fingerprint density at radius 3 is 2.63 bits per heavy atom. The lowest BCUT2D eigenvalue weighted by atomic mass is 9.79. The van der Waals surface area contributed by atoms with Crippen LogP contribution in [0.4, 0.5) is 13.2 Å². The van der Waals surface area contributed by atoms with E-state index in [0.717, 1.165) is 32.4 Å². The molecule has 2 aliphatic rings. The zero-order valence-electron chi connectivity index (χ0n) is 10.8. The fraction of sp³-hybridized carbons (Fsp3) is 0.917. The van der Waals surface area contributed by atoms with Gasteiger partial charge in [0, 0.05) is 31.5 Å². The molecule has 2 fully saturated rings. The molecule has 0 saturated carbocycles. The Balaban J connectivity index is 0.00000180. The summed E-state index contributed by atoms with van der Waals surface area (Å²) in [5, 5.41) is 3.28. The molecule has 1 N–H and O–H groups in total. The summed E-state index contributed by atoms with van der Waals surface area (Å²) in [6.07, 6.45) is -2.66. The van der Waals surface area contributed by atoms with Gasteiger partial charge in [-0.1, -0.05) is 0 Å². The van der Waals surface area contributed by atoms with Crippen LogP contribution in [0.3, 0.4) is 0 Å². The van der Waals surface area contributed by atoms with Crippen molar-refractivity contribution in [1.29, 1.82) is 0 Å². The van der Waals surface area contributed by atoms with Crippen LogP contribution in [0.1, 0.15) is 32.1 Å². The first-order valence-electron chi connectivity index (χ1n) is 6.46. The molecule has 0 bridgehead atoms. The zero-order valence-corrected chi connectivity index (χ0v) is 11.6. The van der Waals surface area contributed by atoms with Gasteiger partial charge in [0.25, 0.3) is 0 Å². The number of alkyl halides is 3. The first-order chi connectivity index (χ1) is 8.40. The van der Waals surface area contributed by atoms with Crippen LogP contribution >= 0.6 is 12.4 Å². The molecule has 3 nitrogen and oxygen atoms in total. The Kier molecular flexibility index (Phi) is 5.50. The fourth-order valence-corrected chi connectivity index (χ4v) is 2.97. The Bertz CT molecular complexity index is 317. The average molecular weight is 301 g/mol. The minimum Gasteiger partial charge on any atom is -0.342 e. The monoisotopic (exact) mass is 300 g/mol. The van der Waals surface area contributed by atoms with Gasteiger partial charge in [-0.3, -0.25) is 4.79 Å². The minimum atomic E-state index is -4.24. The van der Waals surface area contributed by atoms with E-state index in [2.05, 4.69) is 5.32 Å². The van der Waals surface area contributed by atoms with Gasteiger partial charge in [-0.15, -0.1) is 12.4 Å². The molecule has 0 radical (unpaired) electrons. The highest BCUT2D eigenvalue weighted by atomic mass is 35.5. The maximum atomic E-state index is 12.1. The Morgan fingerprint density at radius 1 is 1.32 bits per heavy atom. The van der Waals surface area contributed by atoms with Crippen LogP contribution in [0, 0.1) is 5.41 Å². The van der Waals surface area contributed by atoms with E-state index in [-0.39, 0.29) is 23.7 Å². The van der Waals surface area contributed by atoms with Gasteiger partial charge in [0.15, 0.2) is 0 Å². The molecule has 0 aromatic rings. The maximum absolute atomic E-state index is 12.1. The Labute approximate surface area is 117 Å². The number of piperidine rings is 1. The number of nitrogens with zero attached hydrogens (tertiary/aromatic N) is 1. The van der Waals surface area contributed by atoms with Gasteiger partial charge in [0.05, 0.1) is 6.42 Å². The van der Waals surface area contributed by atoms with Crippen molar-refractivity contribution in [2.75, 3.05) is 26.2 Å². The number of rotatable bonds is 2. The molecular weight excluding hydrogens is 281 g/mol. The summed E-state index contributed by atoms with van der Waals surface area (Å²) in [7, 11) is 0. The van der Waals surface area contributed by atoms with Gasteiger partial charge >= 0.3 is 6.18 Å². The highest BCUT2D eigenvalue weighted by molar-refractivity contribution is 5.85. The highest BCUT2D eigenvalue weighted by Gasteiger charge is 2.39. The predicted molar refractivity (Wildman–Crippen MR) is 68.3 cm³/mol. The normalized spacial score (nSPS) is 27.4. The van der Waals surface area contributed by atoms with Crippen LogP contribution in [0.2, 0.25) is 0 Å². The first kappa shape index (κ1) is 16.6. The van der Waals surface area contributed by atoms with Gasteiger partial charge in [-0.2, -0.15) is 13.2 Å². The van der Waals surface area contributed by atoms with Crippen molar-refractivity contribution in [3.8, 4) is 0 Å². The van der Waals surface area contributed by atoms with E-state index in [0.29, 0.717) is 13.1 Å². The second-order valence-corrected chi connectivity index (χ2v) is 5.46. The number of carbonyl (C=O) groups excluding carboxylic acids is 1. The number of carbonyl (C=O) groups is 1. The largest absolute Gasteiger partial charge is 0.389 e. The molecule has 112 valence electrons. The van der Waals surface area contributed by atoms with Gasteiger partial charge in [0.1, 0.15) is 0 Å². The van der Waals surface area contributed by atoms with E-state index in [1.165, 1.54) is 0 Å².